The first-order valence-corrected chi connectivity index (χ1v) is 6.73. The number of amides is 1. The molecule has 2 aliphatic rings. The third-order valence-electron chi connectivity index (χ3n) is 3.56. The van der Waals surface area contributed by atoms with Crippen LogP contribution in [0, 0.1) is 0 Å². The van der Waals surface area contributed by atoms with Crippen molar-refractivity contribution in [2.75, 3.05) is 13.3 Å². The highest BCUT2D eigenvalue weighted by molar-refractivity contribution is 5.81. The van der Waals surface area contributed by atoms with Crippen LogP contribution in [0.3, 0.4) is 0 Å². The zero-order valence-corrected chi connectivity index (χ0v) is 10.8. The van der Waals surface area contributed by atoms with E-state index in [1.54, 1.807) is 0 Å². The Hall–Kier alpha value is -1.75. The Kier molecular flexibility index (Phi) is 3.55. The number of hydrogen-bond acceptors (Lipinski definition) is 4. The first kappa shape index (κ1) is 12.3. The Bertz CT molecular complexity index is 470. The standard InChI is InChI=1S/C14H18N2O3/c17-14(11-5-1-2-7-15-11)16-8-10-4-3-6-12-13(10)19-9-18-12/h3-4,6,11,15H,1-2,5,7-9H2,(H,16,17)/t11-/m1/s1. The van der Waals surface area contributed by atoms with E-state index < -0.39 is 0 Å². The summed E-state index contributed by atoms with van der Waals surface area (Å²) in [6.45, 7) is 1.66. The topological polar surface area (TPSA) is 59.6 Å². The Balaban J connectivity index is 1.60. The van der Waals surface area contributed by atoms with Gasteiger partial charge in [-0.1, -0.05) is 18.6 Å². The number of ether oxygens (including phenoxy) is 2. The highest BCUT2D eigenvalue weighted by Gasteiger charge is 2.21. The zero-order chi connectivity index (χ0) is 13.1. The number of nitrogens with one attached hydrogen (secondary N) is 2. The monoisotopic (exact) mass is 262 g/mol. The minimum Gasteiger partial charge on any atom is -0.454 e. The number of rotatable bonds is 3. The lowest BCUT2D eigenvalue weighted by molar-refractivity contribution is -0.123. The van der Waals surface area contributed by atoms with Crippen LogP contribution in [0.5, 0.6) is 11.5 Å². The Labute approximate surface area is 112 Å². The smallest absolute Gasteiger partial charge is 0.237 e. The SMILES string of the molecule is O=C(NCc1cccc2c1OCO2)[C@H]1CCCCN1. The van der Waals surface area contributed by atoms with Crippen LogP contribution in [0.2, 0.25) is 0 Å². The predicted octanol–water partition coefficient (Wildman–Crippen LogP) is 1.17. The quantitative estimate of drug-likeness (QED) is 0.858. The number of carbonyl (C=O) groups excluding carboxylic acids is 1. The molecule has 0 spiro atoms. The molecule has 5 heteroatoms. The molecule has 19 heavy (non-hydrogen) atoms. The molecule has 0 aliphatic carbocycles. The van der Waals surface area contributed by atoms with Crippen molar-refractivity contribution in [3.8, 4) is 11.5 Å². The minimum absolute atomic E-state index is 0.0531. The van der Waals surface area contributed by atoms with Gasteiger partial charge >= 0.3 is 0 Å². The van der Waals surface area contributed by atoms with Gasteiger partial charge in [0.2, 0.25) is 12.7 Å². The molecule has 5 nitrogen and oxygen atoms in total. The van der Waals surface area contributed by atoms with Gasteiger partial charge in [0, 0.05) is 12.1 Å². The summed E-state index contributed by atoms with van der Waals surface area (Å²) in [7, 11) is 0. The number of fused-ring (bicyclic) bond motifs is 1. The van der Waals surface area contributed by atoms with E-state index in [2.05, 4.69) is 10.6 Å². The van der Waals surface area contributed by atoms with Crippen molar-refractivity contribution in [2.45, 2.75) is 31.8 Å². The van der Waals surface area contributed by atoms with E-state index in [4.69, 9.17) is 9.47 Å². The van der Waals surface area contributed by atoms with Crippen LogP contribution in [-0.2, 0) is 11.3 Å². The van der Waals surface area contributed by atoms with E-state index >= 15 is 0 Å². The maximum absolute atomic E-state index is 12.0. The first-order chi connectivity index (χ1) is 9.34. The van der Waals surface area contributed by atoms with Gasteiger partial charge in [-0.15, -0.1) is 0 Å². The van der Waals surface area contributed by atoms with Crippen molar-refractivity contribution in [3.63, 3.8) is 0 Å². The summed E-state index contributed by atoms with van der Waals surface area (Å²) in [4.78, 5) is 12.0. The molecular weight excluding hydrogens is 244 g/mol. The largest absolute Gasteiger partial charge is 0.454 e. The van der Waals surface area contributed by atoms with E-state index in [-0.39, 0.29) is 18.7 Å². The van der Waals surface area contributed by atoms with Crippen molar-refractivity contribution < 1.29 is 14.3 Å². The molecule has 0 unspecified atom stereocenters. The molecule has 1 saturated heterocycles. The number of piperidine rings is 1. The van der Waals surface area contributed by atoms with E-state index in [0.29, 0.717) is 6.54 Å². The van der Waals surface area contributed by atoms with Crippen LogP contribution in [-0.4, -0.2) is 25.3 Å². The molecule has 0 radical (unpaired) electrons. The molecule has 102 valence electrons. The van der Waals surface area contributed by atoms with Gasteiger partial charge in [-0.2, -0.15) is 0 Å². The van der Waals surface area contributed by atoms with Gasteiger partial charge in [0.25, 0.3) is 0 Å². The van der Waals surface area contributed by atoms with Gasteiger partial charge in [0.1, 0.15) is 0 Å². The third-order valence-corrected chi connectivity index (χ3v) is 3.56. The van der Waals surface area contributed by atoms with Crippen LogP contribution < -0.4 is 20.1 Å². The second-order valence-electron chi connectivity index (χ2n) is 4.87. The van der Waals surface area contributed by atoms with Crippen LogP contribution in [0.25, 0.3) is 0 Å². The number of hydrogen-bond donors (Lipinski definition) is 2. The average Bonchev–Trinajstić information content (AvgIpc) is 2.94. The second-order valence-corrected chi connectivity index (χ2v) is 4.87. The van der Waals surface area contributed by atoms with Crippen LogP contribution in [0.15, 0.2) is 18.2 Å². The minimum atomic E-state index is -0.0531. The summed E-state index contributed by atoms with van der Waals surface area (Å²) < 4.78 is 10.7. The van der Waals surface area contributed by atoms with E-state index in [1.165, 1.54) is 0 Å². The Morgan fingerprint density at radius 1 is 1.37 bits per heavy atom. The highest BCUT2D eigenvalue weighted by atomic mass is 16.7. The van der Waals surface area contributed by atoms with Gasteiger partial charge in [-0.05, 0) is 25.5 Å². The summed E-state index contributed by atoms with van der Waals surface area (Å²) in [6.07, 6.45) is 3.18. The molecule has 0 bridgehead atoms. The van der Waals surface area contributed by atoms with Crippen molar-refractivity contribution >= 4 is 5.91 Å². The molecule has 2 N–H and O–H groups in total. The molecule has 1 aromatic rings. The fourth-order valence-electron chi connectivity index (χ4n) is 2.51. The lowest BCUT2D eigenvalue weighted by atomic mass is 10.0. The normalized spacial score (nSPS) is 21.2. The van der Waals surface area contributed by atoms with Gasteiger partial charge in [-0.3, -0.25) is 4.79 Å². The molecular formula is C14H18N2O3. The average molecular weight is 262 g/mol. The van der Waals surface area contributed by atoms with Crippen molar-refractivity contribution in [1.29, 1.82) is 0 Å². The molecule has 1 atom stereocenters. The van der Waals surface area contributed by atoms with Crippen molar-refractivity contribution in [3.05, 3.63) is 23.8 Å². The maximum Gasteiger partial charge on any atom is 0.237 e. The number of benzene rings is 1. The van der Waals surface area contributed by atoms with E-state index in [9.17, 15) is 4.79 Å². The van der Waals surface area contributed by atoms with E-state index in [1.807, 2.05) is 18.2 Å². The summed E-state index contributed by atoms with van der Waals surface area (Å²) >= 11 is 0. The van der Waals surface area contributed by atoms with Gasteiger partial charge < -0.3 is 20.1 Å². The molecule has 1 aromatic carbocycles. The van der Waals surface area contributed by atoms with Gasteiger partial charge in [0.15, 0.2) is 11.5 Å². The highest BCUT2D eigenvalue weighted by Crippen LogP contribution is 2.35. The predicted molar refractivity (Wildman–Crippen MR) is 70.1 cm³/mol. The van der Waals surface area contributed by atoms with Crippen LogP contribution in [0.4, 0.5) is 0 Å². The zero-order valence-electron chi connectivity index (χ0n) is 10.8. The molecule has 2 heterocycles. The van der Waals surface area contributed by atoms with Gasteiger partial charge in [-0.25, -0.2) is 0 Å². The Morgan fingerprint density at radius 2 is 2.32 bits per heavy atom. The first-order valence-electron chi connectivity index (χ1n) is 6.73. The summed E-state index contributed by atoms with van der Waals surface area (Å²) in [5, 5.41) is 6.20. The fraction of sp³-hybridized carbons (Fsp3) is 0.500. The lowest BCUT2D eigenvalue weighted by Gasteiger charge is -2.22. The molecule has 1 fully saturated rings. The van der Waals surface area contributed by atoms with E-state index in [0.717, 1.165) is 42.9 Å². The molecule has 0 saturated carbocycles. The number of carbonyl (C=O) groups is 1. The van der Waals surface area contributed by atoms with Gasteiger partial charge in [0.05, 0.1) is 6.04 Å². The maximum atomic E-state index is 12.0. The molecule has 2 aliphatic heterocycles. The lowest BCUT2D eigenvalue weighted by Crippen LogP contribution is -2.46. The summed E-state index contributed by atoms with van der Waals surface area (Å²) in [5.41, 5.74) is 0.958. The van der Waals surface area contributed by atoms with Crippen molar-refractivity contribution in [2.24, 2.45) is 0 Å². The summed E-state index contributed by atoms with van der Waals surface area (Å²) in [5.74, 6) is 1.57. The Morgan fingerprint density at radius 3 is 3.16 bits per heavy atom. The third kappa shape index (κ3) is 2.66. The van der Waals surface area contributed by atoms with Crippen molar-refractivity contribution in [1.82, 2.24) is 10.6 Å². The number of para-hydroxylation sites is 1. The molecule has 1 amide bonds. The fourth-order valence-corrected chi connectivity index (χ4v) is 2.51. The molecule has 0 aromatic heterocycles. The second kappa shape index (κ2) is 5.48. The summed E-state index contributed by atoms with van der Waals surface area (Å²) in [6, 6.07) is 5.68. The van der Waals surface area contributed by atoms with Crippen LogP contribution >= 0.6 is 0 Å². The van der Waals surface area contributed by atoms with Crippen LogP contribution in [0.1, 0.15) is 24.8 Å². The molecule has 3 rings (SSSR count).